The molecular weight excluding hydrogens is 204 g/mol. The van der Waals surface area contributed by atoms with Gasteiger partial charge in [-0.25, -0.2) is 0 Å². The Labute approximate surface area is 96.2 Å². The van der Waals surface area contributed by atoms with Gasteiger partial charge in [0.25, 0.3) is 0 Å². The number of nitrogens with one attached hydrogen (secondary N) is 1. The molecule has 0 fully saturated rings. The molecule has 1 aromatic rings. The zero-order chi connectivity index (χ0) is 11.4. The Morgan fingerprint density at radius 2 is 2.25 bits per heavy atom. The van der Waals surface area contributed by atoms with Crippen LogP contribution in [0.2, 0.25) is 0 Å². The van der Waals surface area contributed by atoms with Gasteiger partial charge in [-0.3, -0.25) is 0 Å². The van der Waals surface area contributed by atoms with Crippen LogP contribution in [0, 0.1) is 5.92 Å². The average Bonchev–Trinajstić information content (AvgIpc) is 2.68. The lowest BCUT2D eigenvalue weighted by molar-refractivity contribution is 0.0177. The molecule has 5 nitrogen and oxygen atoms in total. The van der Waals surface area contributed by atoms with Crippen molar-refractivity contribution < 1.29 is 4.84 Å². The van der Waals surface area contributed by atoms with Gasteiger partial charge < -0.3 is 9.40 Å². The highest BCUT2D eigenvalue weighted by molar-refractivity contribution is 4.98. The average molecular weight is 224 g/mol. The summed E-state index contributed by atoms with van der Waals surface area (Å²) < 4.78 is 2.20. The van der Waals surface area contributed by atoms with Gasteiger partial charge in [0.1, 0.15) is 11.6 Å². The van der Waals surface area contributed by atoms with Crippen molar-refractivity contribution >= 4 is 0 Å². The summed E-state index contributed by atoms with van der Waals surface area (Å²) in [5.74, 6) is 2.64. The SMILES string of the molecule is CC(C)CONCc1nnc2n1CCCC2. The maximum atomic E-state index is 5.33. The van der Waals surface area contributed by atoms with E-state index in [4.69, 9.17) is 4.84 Å². The van der Waals surface area contributed by atoms with Crippen LogP contribution in [-0.2, 0) is 24.3 Å². The number of hydroxylamine groups is 1. The highest BCUT2D eigenvalue weighted by atomic mass is 16.6. The van der Waals surface area contributed by atoms with Gasteiger partial charge in [0.15, 0.2) is 0 Å². The fourth-order valence-corrected chi connectivity index (χ4v) is 1.84. The van der Waals surface area contributed by atoms with Crippen LogP contribution in [0.4, 0.5) is 0 Å². The Balaban J connectivity index is 1.83. The van der Waals surface area contributed by atoms with Gasteiger partial charge in [-0.15, -0.1) is 10.2 Å². The first kappa shape index (κ1) is 11.5. The van der Waals surface area contributed by atoms with Gasteiger partial charge in [0, 0.05) is 13.0 Å². The van der Waals surface area contributed by atoms with Crippen molar-refractivity contribution in [2.45, 2.75) is 46.2 Å². The van der Waals surface area contributed by atoms with Gasteiger partial charge in [-0.2, -0.15) is 5.48 Å². The first-order valence-electron chi connectivity index (χ1n) is 6.03. The predicted octanol–water partition coefficient (Wildman–Crippen LogP) is 1.29. The smallest absolute Gasteiger partial charge is 0.149 e. The largest absolute Gasteiger partial charge is 0.314 e. The molecule has 0 unspecified atom stereocenters. The number of aryl methyl sites for hydroxylation is 1. The van der Waals surface area contributed by atoms with Gasteiger partial charge >= 0.3 is 0 Å². The molecule has 0 aromatic carbocycles. The van der Waals surface area contributed by atoms with Gasteiger partial charge in [-0.1, -0.05) is 13.8 Å². The first-order valence-corrected chi connectivity index (χ1v) is 6.03. The molecule has 0 saturated carbocycles. The molecule has 0 spiro atoms. The Morgan fingerprint density at radius 1 is 1.38 bits per heavy atom. The van der Waals surface area contributed by atoms with Gasteiger partial charge in [0.05, 0.1) is 13.2 Å². The lowest BCUT2D eigenvalue weighted by Gasteiger charge is -2.15. The van der Waals surface area contributed by atoms with E-state index in [1.54, 1.807) is 0 Å². The Kier molecular flexibility index (Phi) is 3.90. The minimum atomic E-state index is 0.541. The zero-order valence-corrected chi connectivity index (χ0v) is 10.1. The quantitative estimate of drug-likeness (QED) is 0.605. The summed E-state index contributed by atoms with van der Waals surface area (Å²) in [7, 11) is 0. The summed E-state index contributed by atoms with van der Waals surface area (Å²) in [6.45, 7) is 6.66. The normalized spacial score (nSPS) is 15.4. The molecule has 2 heterocycles. The maximum absolute atomic E-state index is 5.33. The highest BCUT2D eigenvalue weighted by Gasteiger charge is 2.14. The molecule has 1 aliphatic rings. The van der Waals surface area contributed by atoms with E-state index >= 15 is 0 Å². The number of aromatic nitrogens is 3. The van der Waals surface area contributed by atoms with Crippen molar-refractivity contribution in [1.82, 2.24) is 20.2 Å². The second-order valence-electron chi connectivity index (χ2n) is 4.67. The molecule has 0 bridgehead atoms. The summed E-state index contributed by atoms with van der Waals surface area (Å²) >= 11 is 0. The lowest BCUT2D eigenvalue weighted by atomic mass is 10.2. The van der Waals surface area contributed by atoms with Crippen LogP contribution >= 0.6 is 0 Å². The van der Waals surface area contributed by atoms with Crippen molar-refractivity contribution in [2.24, 2.45) is 5.92 Å². The van der Waals surface area contributed by atoms with E-state index in [0.29, 0.717) is 12.5 Å². The fraction of sp³-hybridized carbons (Fsp3) is 0.818. The molecule has 0 saturated heterocycles. The molecule has 1 aliphatic heterocycles. The van der Waals surface area contributed by atoms with E-state index in [0.717, 1.165) is 31.2 Å². The van der Waals surface area contributed by atoms with Gasteiger partial charge in [-0.05, 0) is 18.8 Å². The van der Waals surface area contributed by atoms with Crippen LogP contribution in [0.3, 0.4) is 0 Å². The molecule has 2 rings (SSSR count). The van der Waals surface area contributed by atoms with Crippen LogP contribution in [-0.4, -0.2) is 21.4 Å². The summed E-state index contributed by atoms with van der Waals surface area (Å²) in [5, 5.41) is 8.37. The molecule has 16 heavy (non-hydrogen) atoms. The summed E-state index contributed by atoms with van der Waals surface area (Å²) in [6, 6.07) is 0. The predicted molar refractivity (Wildman–Crippen MR) is 60.6 cm³/mol. The van der Waals surface area contributed by atoms with Crippen LogP contribution in [0.1, 0.15) is 38.3 Å². The van der Waals surface area contributed by atoms with Crippen molar-refractivity contribution in [1.29, 1.82) is 0 Å². The van der Waals surface area contributed by atoms with E-state index < -0.39 is 0 Å². The van der Waals surface area contributed by atoms with Crippen molar-refractivity contribution in [3.8, 4) is 0 Å². The number of hydrogen-bond donors (Lipinski definition) is 1. The molecular formula is C11H20N4O. The first-order chi connectivity index (χ1) is 7.77. The molecule has 0 atom stereocenters. The third-order valence-corrected chi connectivity index (χ3v) is 2.69. The van der Waals surface area contributed by atoms with Gasteiger partial charge in [0.2, 0.25) is 0 Å². The molecule has 1 aromatic heterocycles. The van der Waals surface area contributed by atoms with E-state index in [9.17, 15) is 0 Å². The second-order valence-corrected chi connectivity index (χ2v) is 4.67. The molecule has 5 heteroatoms. The minimum Gasteiger partial charge on any atom is -0.314 e. The van der Waals surface area contributed by atoms with Crippen LogP contribution in [0.15, 0.2) is 0 Å². The Bertz CT molecular complexity index is 335. The fourth-order valence-electron chi connectivity index (χ4n) is 1.84. The Morgan fingerprint density at radius 3 is 3.06 bits per heavy atom. The zero-order valence-electron chi connectivity index (χ0n) is 10.1. The van der Waals surface area contributed by atoms with Crippen molar-refractivity contribution in [3.63, 3.8) is 0 Å². The van der Waals surface area contributed by atoms with E-state index in [-0.39, 0.29) is 0 Å². The molecule has 0 amide bonds. The van der Waals surface area contributed by atoms with E-state index in [1.165, 1.54) is 12.8 Å². The van der Waals surface area contributed by atoms with Crippen molar-refractivity contribution in [3.05, 3.63) is 11.6 Å². The maximum Gasteiger partial charge on any atom is 0.149 e. The number of hydrogen-bond acceptors (Lipinski definition) is 4. The third kappa shape index (κ3) is 2.80. The highest BCUT2D eigenvalue weighted by Crippen LogP contribution is 2.13. The Hall–Kier alpha value is -0.940. The molecule has 90 valence electrons. The van der Waals surface area contributed by atoms with Crippen molar-refractivity contribution in [2.75, 3.05) is 6.61 Å². The van der Waals surface area contributed by atoms with E-state index in [2.05, 4.69) is 34.1 Å². The summed E-state index contributed by atoms with van der Waals surface area (Å²) in [5.41, 5.74) is 2.95. The number of fused-ring (bicyclic) bond motifs is 1. The third-order valence-electron chi connectivity index (χ3n) is 2.69. The minimum absolute atomic E-state index is 0.541. The lowest BCUT2D eigenvalue weighted by Crippen LogP contribution is -2.21. The standard InChI is InChI=1S/C11H20N4O/c1-9(2)8-16-12-7-11-14-13-10-5-3-4-6-15(10)11/h9,12H,3-8H2,1-2H3. The van der Waals surface area contributed by atoms with E-state index in [1.807, 2.05) is 0 Å². The second kappa shape index (κ2) is 5.41. The topological polar surface area (TPSA) is 52.0 Å². The molecule has 0 radical (unpaired) electrons. The van der Waals surface area contributed by atoms with Crippen LogP contribution in [0.5, 0.6) is 0 Å². The van der Waals surface area contributed by atoms with Crippen LogP contribution < -0.4 is 5.48 Å². The molecule has 0 aliphatic carbocycles. The monoisotopic (exact) mass is 224 g/mol. The summed E-state index contributed by atoms with van der Waals surface area (Å²) in [4.78, 5) is 5.33. The summed E-state index contributed by atoms with van der Waals surface area (Å²) in [6.07, 6.45) is 3.51. The number of nitrogens with zero attached hydrogens (tertiary/aromatic N) is 3. The molecule has 1 N–H and O–H groups in total. The van der Waals surface area contributed by atoms with Crippen LogP contribution in [0.25, 0.3) is 0 Å². The number of rotatable bonds is 5.